The van der Waals surface area contributed by atoms with Crippen LogP contribution >= 0.6 is 0 Å². The number of hydrogen-bond donors (Lipinski definition) is 0. The minimum absolute atomic E-state index is 0.145. The van der Waals surface area contributed by atoms with Gasteiger partial charge in [-0.15, -0.1) is 0 Å². The Morgan fingerprint density at radius 3 is 1.18 bits per heavy atom. The molecule has 0 radical (unpaired) electrons. The molecule has 0 aliphatic heterocycles. The van der Waals surface area contributed by atoms with Crippen molar-refractivity contribution in [3.63, 3.8) is 0 Å². The van der Waals surface area contributed by atoms with Crippen molar-refractivity contribution in [1.82, 2.24) is 0 Å². The molecular formula is C59H107NO8. The number of carboxylic acid groups (broad SMARTS) is 1. The van der Waals surface area contributed by atoms with Gasteiger partial charge in [0.2, 0.25) is 0 Å². The third-order valence-corrected chi connectivity index (χ3v) is 12.3. The molecule has 0 aromatic carbocycles. The van der Waals surface area contributed by atoms with Crippen LogP contribution in [-0.4, -0.2) is 82.3 Å². The van der Waals surface area contributed by atoms with Crippen molar-refractivity contribution in [1.29, 1.82) is 0 Å². The molecule has 0 aromatic rings. The van der Waals surface area contributed by atoms with Crippen molar-refractivity contribution < 1.29 is 42.9 Å². The van der Waals surface area contributed by atoms with Gasteiger partial charge >= 0.3 is 11.9 Å². The highest BCUT2D eigenvalue weighted by atomic mass is 16.7. The van der Waals surface area contributed by atoms with Gasteiger partial charge in [0.05, 0.1) is 40.3 Å². The van der Waals surface area contributed by atoms with Crippen LogP contribution in [0.25, 0.3) is 0 Å². The van der Waals surface area contributed by atoms with E-state index < -0.39 is 24.3 Å². The quantitative estimate of drug-likeness (QED) is 0.0195. The van der Waals surface area contributed by atoms with Crippen molar-refractivity contribution in [2.24, 2.45) is 0 Å². The van der Waals surface area contributed by atoms with E-state index in [-0.39, 0.29) is 38.6 Å². The van der Waals surface area contributed by atoms with Gasteiger partial charge in [0.15, 0.2) is 12.4 Å². The lowest BCUT2D eigenvalue weighted by atomic mass is 10.0. The van der Waals surface area contributed by atoms with E-state index >= 15 is 0 Å². The monoisotopic (exact) mass is 958 g/mol. The minimum Gasteiger partial charge on any atom is -0.545 e. The molecule has 0 aliphatic rings. The number of rotatable bonds is 52. The lowest BCUT2D eigenvalue weighted by molar-refractivity contribution is -0.870. The Morgan fingerprint density at radius 2 is 0.794 bits per heavy atom. The predicted octanol–water partition coefficient (Wildman–Crippen LogP) is 15.0. The third-order valence-electron chi connectivity index (χ3n) is 12.3. The number of carbonyl (C=O) groups excluding carboxylic acids is 3. The first-order valence-corrected chi connectivity index (χ1v) is 28.3. The first kappa shape index (κ1) is 65.2. The van der Waals surface area contributed by atoms with Gasteiger partial charge in [0, 0.05) is 12.8 Å². The maximum atomic E-state index is 12.8. The topological polar surface area (TPSA) is 111 Å². The van der Waals surface area contributed by atoms with Gasteiger partial charge in [-0.1, -0.05) is 210 Å². The first-order chi connectivity index (χ1) is 33.1. The number of aliphatic carboxylic acids is 1. The summed E-state index contributed by atoms with van der Waals surface area (Å²) in [6.07, 6.45) is 58.7. The lowest BCUT2D eigenvalue weighted by Gasteiger charge is -2.26. The second-order valence-electron chi connectivity index (χ2n) is 20.2. The molecule has 0 fully saturated rings. The van der Waals surface area contributed by atoms with E-state index in [0.717, 1.165) is 64.2 Å². The number of hydrogen-bond acceptors (Lipinski definition) is 8. The second-order valence-corrected chi connectivity index (χ2v) is 20.2. The Kier molecular flexibility index (Phi) is 48.6. The summed E-state index contributed by atoms with van der Waals surface area (Å²) in [5.41, 5.74) is 0. The van der Waals surface area contributed by atoms with E-state index in [1.54, 1.807) is 0 Å². The molecule has 0 N–H and O–H groups in total. The van der Waals surface area contributed by atoms with Gasteiger partial charge in [-0.2, -0.15) is 0 Å². The number of carbonyl (C=O) groups is 3. The van der Waals surface area contributed by atoms with E-state index in [1.807, 2.05) is 21.1 Å². The highest BCUT2D eigenvalue weighted by Crippen LogP contribution is 2.16. The number of carboxylic acids is 1. The summed E-state index contributed by atoms with van der Waals surface area (Å²) in [7, 11) is 5.92. The fourth-order valence-corrected chi connectivity index (χ4v) is 7.89. The average Bonchev–Trinajstić information content (AvgIpc) is 3.30. The van der Waals surface area contributed by atoms with E-state index in [1.165, 1.54) is 154 Å². The molecule has 0 rings (SSSR count). The molecule has 2 atom stereocenters. The van der Waals surface area contributed by atoms with Gasteiger partial charge in [0.25, 0.3) is 0 Å². The van der Waals surface area contributed by atoms with Crippen molar-refractivity contribution >= 4 is 17.9 Å². The van der Waals surface area contributed by atoms with Gasteiger partial charge in [-0.25, -0.2) is 0 Å². The molecule has 0 bridgehead atoms. The van der Waals surface area contributed by atoms with Crippen LogP contribution in [0.4, 0.5) is 0 Å². The number of esters is 2. The van der Waals surface area contributed by atoms with Crippen LogP contribution in [0, 0.1) is 0 Å². The third kappa shape index (κ3) is 51.1. The van der Waals surface area contributed by atoms with Crippen LogP contribution < -0.4 is 5.11 Å². The molecule has 9 heteroatoms. The van der Waals surface area contributed by atoms with Crippen LogP contribution in [0.15, 0.2) is 48.6 Å². The number of unbranched alkanes of at least 4 members (excludes halogenated alkanes) is 29. The average molecular weight is 959 g/mol. The largest absolute Gasteiger partial charge is 0.545 e. The van der Waals surface area contributed by atoms with Gasteiger partial charge in [-0.3, -0.25) is 9.59 Å². The molecule has 0 aromatic heterocycles. The molecule has 0 heterocycles. The number of nitrogens with zero attached hydrogens (tertiary/aromatic N) is 1. The Morgan fingerprint density at radius 1 is 0.441 bits per heavy atom. The zero-order chi connectivity index (χ0) is 49.9. The Hall–Kier alpha value is -2.75. The van der Waals surface area contributed by atoms with Crippen molar-refractivity contribution in [3.05, 3.63) is 48.6 Å². The predicted molar refractivity (Wildman–Crippen MR) is 283 cm³/mol. The molecule has 0 saturated carbocycles. The van der Waals surface area contributed by atoms with Gasteiger partial charge < -0.3 is 33.3 Å². The standard InChI is InChI=1S/C59H107NO8/c1-6-8-10-12-14-16-18-20-22-24-25-26-27-28-29-30-31-32-33-34-36-38-40-42-44-46-48-50-57(62)68-55(54-67-59(58(63)64)65-52-51-60(3,4)5)53-66-56(61)49-47-45-43-41-39-37-35-23-21-19-17-15-13-11-9-7-2/h17-20,23-25,35,55,59H,6-16,21-22,26-34,36-54H2,1-5H3/b19-17-,20-18-,25-24-,35-23-. The van der Waals surface area contributed by atoms with Gasteiger partial charge in [-0.05, 0) is 77.0 Å². The van der Waals surface area contributed by atoms with Crippen molar-refractivity contribution in [3.8, 4) is 0 Å². The van der Waals surface area contributed by atoms with Crippen molar-refractivity contribution in [2.45, 2.75) is 264 Å². The van der Waals surface area contributed by atoms with Gasteiger partial charge in [0.1, 0.15) is 13.2 Å². The second kappa shape index (κ2) is 50.6. The fourth-order valence-electron chi connectivity index (χ4n) is 7.89. The van der Waals surface area contributed by atoms with Crippen LogP contribution in [-0.2, 0) is 33.3 Å². The maximum Gasteiger partial charge on any atom is 0.306 e. The zero-order valence-corrected chi connectivity index (χ0v) is 45.0. The lowest BCUT2D eigenvalue weighted by Crippen LogP contribution is -2.44. The normalized spacial score (nSPS) is 13.1. The van der Waals surface area contributed by atoms with E-state index in [2.05, 4.69) is 62.5 Å². The number of likely N-dealkylation sites (N-methyl/N-ethyl adjacent to an activating group) is 1. The highest BCUT2D eigenvalue weighted by molar-refractivity contribution is 5.70. The summed E-state index contributed by atoms with van der Waals surface area (Å²) in [6, 6.07) is 0. The van der Waals surface area contributed by atoms with Crippen LogP contribution in [0.3, 0.4) is 0 Å². The molecule has 0 spiro atoms. The van der Waals surface area contributed by atoms with E-state index in [9.17, 15) is 19.5 Å². The minimum atomic E-state index is -1.62. The van der Waals surface area contributed by atoms with Crippen LogP contribution in [0.1, 0.15) is 251 Å². The van der Waals surface area contributed by atoms with E-state index in [0.29, 0.717) is 17.4 Å². The summed E-state index contributed by atoms with van der Waals surface area (Å²) in [4.78, 5) is 37.2. The smallest absolute Gasteiger partial charge is 0.306 e. The van der Waals surface area contributed by atoms with Crippen LogP contribution in [0.2, 0.25) is 0 Å². The number of ether oxygens (including phenoxy) is 4. The highest BCUT2D eigenvalue weighted by Gasteiger charge is 2.22. The molecule has 396 valence electrons. The summed E-state index contributed by atoms with van der Waals surface area (Å²) >= 11 is 0. The molecule has 0 amide bonds. The van der Waals surface area contributed by atoms with Crippen molar-refractivity contribution in [2.75, 3.05) is 47.5 Å². The maximum absolute atomic E-state index is 12.8. The Balaban J connectivity index is 4.22. The molecule has 0 aliphatic carbocycles. The first-order valence-electron chi connectivity index (χ1n) is 28.3. The molecule has 0 saturated heterocycles. The molecule has 68 heavy (non-hydrogen) atoms. The molecule has 2 unspecified atom stereocenters. The zero-order valence-electron chi connectivity index (χ0n) is 45.0. The molecule has 9 nitrogen and oxygen atoms in total. The number of quaternary nitrogens is 1. The Labute approximate surface area is 419 Å². The number of allylic oxidation sites excluding steroid dienone is 8. The Bertz CT molecular complexity index is 1250. The summed E-state index contributed by atoms with van der Waals surface area (Å²) in [5, 5.41) is 11.8. The summed E-state index contributed by atoms with van der Waals surface area (Å²) in [5.74, 6) is -2.29. The summed E-state index contributed by atoms with van der Waals surface area (Å²) < 4.78 is 22.7. The fraction of sp³-hybridized carbons (Fsp3) is 0.814. The SMILES string of the molecule is CCCCCC/C=C\C/C=C\CCCCCCCC(=O)OCC(COC(OCC[N+](C)(C)C)C(=O)[O-])OC(=O)CCCCCCCCCCCCCCCCC/C=C\C/C=C\CCCCCCC. The van der Waals surface area contributed by atoms with Crippen LogP contribution in [0.5, 0.6) is 0 Å². The summed E-state index contributed by atoms with van der Waals surface area (Å²) in [6.45, 7) is 4.72. The van der Waals surface area contributed by atoms with E-state index in [4.69, 9.17) is 18.9 Å². The molecular weight excluding hydrogens is 851 g/mol.